The first-order valence-corrected chi connectivity index (χ1v) is 15.9. The van der Waals surface area contributed by atoms with Crippen molar-refractivity contribution < 1.29 is 4.39 Å². The van der Waals surface area contributed by atoms with Gasteiger partial charge in [-0.2, -0.15) is 5.26 Å². The number of benzene rings is 3. The molecule has 4 N–H and O–H groups in total. The molecule has 0 unspecified atom stereocenters. The minimum Gasteiger partial charge on any atom is -0.373 e. The molecule has 9 nitrogen and oxygen atoms in total. The summed E-state index contributed by atoms with van der Waals surface area (Å²) in [5.41, 5.74) is 10.4. The fraction of sp³-hybridized carbons (Fsp3) is 0.273. The molecule has 0 saturated carbocycles. The third-order valence-corrected chi connectivity index (χ3v) is 9.00. The van der Waals surface area contributed by atoms with Gasteiger partial charge in [0, 0.05) is 54.0 Å². The Labute approximate surface area is 282 Å². The first-order valence-electron chi connectivity index (χ1n) is 14.8. The van der Waals surface area contributed by atoms with Crippen LogP contribution in [0.3, 0.4) is 0 Å². The number of piperazine rings is 1. The highest BCUT2D eigenvalue weighted by molar-refractivity contribution is 6.36. The number of nitrogens with one attached hydrogen (secondary N) is 4. The average molecular weight is 681 g/mol. The maximum absolute atomic E-state index is 14.9. The Hall–Kier alpha value is -3.82. The second-order valence-corrected chi connectivity index (χ2v) is 13.4. The molecule has 3 heterocycles. The van der Waals surface area contributed by atoms with Crippen LogP contribution in [-0.2, 0) is 0 Å². The average Bonchev–Trinajstić information content (AvgIpc) is 3.53. The monoisotopic (exact) mass is 679 g/mol. The second kappa shape index (κ2) is 13.1. The Bertz CT molecular complexity index is 1830. The van der Waals surface area contributed by atoms with Crippen LogP contribution in [0, 0.1) is 17.1 Å². The van der Waals surface area contributed by atoms with E-state index < -0.39 is 5.82 Å². The quantitative estimate of drug-likeness (QED) is 0.157. The first-order chi connectivity index (χ1) is 22.0. The second-order valence-electron chi connectivity index (χ2n) is 12.1. The van der Waals surface area contributed by atoms with E-state index in [-0.39, 0.29) is 27.9 Å². The van der Waals surface area contributed by atoms with E-state index in [1.54, 1.807) is 18.2 Å². The Kier molecular flexibility index (Phi) is 9.17. The molecule has 1 saturated heterocycles. The molecular weight excluding hydrogens is 648 g/mol. The number of halogens is 4. The van der Waals surface area contributed by atoms with E-state index in [0.717, 1.165) is 37.4 Å². The van der Waals surface area contributed by atoms with Gasteiger partial charge in [0.15, 0.2) is 5.82 Å². The number of fused-ring (bicyclic) bond motifs is 1. The van der Waals surface area contributed by atoms with Crippen LogP contribution in [0.1, 0.15) is 37.9 Å². The molecule has 1 fully saturated rings. The number of nitrogens with zero attached hydrogens (tertiary/aromatic N) is 5. The van der Waals surface area contributed by atoms with Gasteiger partial charge < -0.3 is 16.1 Å². The zero-order chi connectivity index (χ0) is 32.6. The molecule has 0 radical (unpaired) electrons. The van der Waals surface area contributed by atoms with Gasteiger partial charge in [0.05, 0.1) is 50.4 Å². The van der Waals surface area contributed by atoms with Crippen LogP contribution in [0.25, 0.3) is 10.9 Å². The lowest BCUT2D eigenvalue weighted by atomic mass is 10.0. The Balaban J connectivity index is 1.35. The van der Waals surface area contributed by atoms with Crippen LogP contribution in [0.15, 0.2) is 72.7 Å². The normalized spacial score (nSPS) is 16.6. The van der Waals surface area contributed by atoms with E-state index in [4.69, 9.17) is 34.8 Å². The molecule has 3 aromatic carbocycles. The molecule has 13 heteroatoms. The largest absolute Gasteiger partial charge is 0.373 e. The van der Waals surface area contributed by atoms with Crippen molar-refractivity contribution in [1.82, 2.24) is 31.0 Å². The van der Waals surface area contributed by atoms with Gasteiger partial charge in [-0.15, -0.1) is 5.53 Å². The minimum absolute atomic E-state index is 0.0378. The molecular formula is C33H33Cl3FN9. The van der Waals surface area contributed by atoms with Gasteiger partial charge in [-0.25, -0.2) is 14.5 Å². The van der Waals surface area contributed by atoms with Crippen molar-refractivity contribution in [2.75, 3.05) is 36.8 Å². The summed E-state index contributed by atoms with van der Waals surface area (Å²) in [6, 6.07) is 17.7. The summed E-state index contributed by atoms with van der Waals surface area (Å²) in [5.74, 6) is -0.627. The molecule has 0 aliphatic carbocycles. The zero-order valence-electron chi connectivity index (χ0n) is 25.5. The fourth-order valence-electron chi connectivity index (χ4n) is 5.66. The molecule has 238 valence electrons. The van der Waals surface area contributed by atoms with E-state index in [1.807, 2.05) is 41.6 Å². The maximum Gasteiger partial charge on any atom is 0.165 e. The van der Waals surface area contributed by atoms with Crippen LogP contribution in [-0.4, -0.2) is 51.7 Å². The number of hydrogen-bond acceptors (Lipinski definition) is 9. The van der Waals surface area contributed by atoms with E-state index >= 15 is 0 Å². The van der Waals surface area contributed by atoms with Gasteiger partial charge in [-0.1, -0.05) is 53.0 Å². The molecule has 2 aliphatic heterocycles. The summed E-state index contributed by atoms with van der Waals surface area (Å²) in [6.45, 7) is 10.4. The molecule has 0 amide bonds. The van der Waals surface area contributed by atoms with Crippen LogP contribution >= 0.6 is 34.8 Å². The molecule has 4 aromatic rings. The number of aromatic nitrogens is 1. The Morgan fingerprint density at radius 1 is 1.00 bits per heavy atom. The predicted octanol–water partition coefficient (Wildman–Crippen LogP) is 7.60. The van der Waals surface area contributed by atoms with Gasteiger partial charge in [0.1, 0.15) is 6.07 Å². The van der Waals surface area contributed by atoms with Crippen molar-refractivity contribution in [3.8, 4) is 6.07 Å². The lowest BCUT2D eigenvalue weighted by Gasteiger charge is -2.44. The molecule has 46 heavy (non-hydrogen) atoms. The van der Waals surface area contributed by atoms with Gasteiger partial charge in [0.2, 0.25) is 0 Å². The SMILES string of the molecule is CC(C)(C)N1CCN(N2C=C([C@@H](Nc3cc(Cl)c4ncc(C#N)c(Nc5cccc(Cl)c5F)c4c3)c3ccc(Cl)cc3)NN2)CC1. The summed E-state index contributed by atoms with van der Waals surface area (Å²) in [4.78, 5) is 6.92. The van der Waals surface area contributed by atoms with Crippen molar-refractivity contribution in [2.24, 2.45) is 0 Å². The molecule has 1 atom stereocenters. The smallest absolute Gasteiger partial charge is 0.165 e. The number of hydrogen-bond donors (Lipinski definition) is 4. The fourth-order valence-corrected chi connectivity index (χ4v) is 6.23. The van der Waals surface area contributed by atoms with Gasteiger partial charge in [-0.05, 0) is 62.7 Å². The first kappa shape index (κ1) is 32.1. The highest BCUT2D eigenvalue weighted by Gasteiger charge is 2.31. The standard InChI is InChI=1S/C33H33Cl3FN9/c1-33(2,3)44-11-13-45(14-12-44)46-19-28(42-43-46)31(20-7-9-22(34)10-8-20)40-23-15-24-30(41-27-6-4-5-25(35)29(27)37)21(17-38)18-39-32(24)26(36)16-23/h4-10,15-16,18-19,31,40,42-43H,11-14H2,1-3H3,(H,39,41)/t31-/m0/s1. The van der Waals surface area contributed by atoms with E-state index in [0.29, 0.717) is 32.3 Å². The molecule has 6 rings (SSSR count). The van der Waals surface area contributed by atoms with Crippen molar-refractivity contribution in [2.45, 2.75) is 32.4 Å². The lowest BCUT2D eigenvalue weighted by molar-refractivity contribution is -0.0695. The van der Waals surface area contributed by atoms with Gasteiger partial charge in [-0.3, -0.25) is 9.88 Å². The summed E-state index contributed by atoms with van der Waals surface area (Å²) in [5, 5.41) is 22.3. The number of rotatable bonds is 7. The van der Waals surface area contributed by atoms with Crippen molar-refractivity contribution in [1.29, 1.82) is 5.26 Å². The van der Waals surface area contributed by atoms with Crippen LogP contribution in [0.5, 0.6) is 0 Å². The minimum atomic E-state index is -0.627. The highest BCUT2D eigenvalue weighted by atomic mass is 35.5. The van der Waals surface area contributed by atoms with Crippen LogP contribution in [0.2, 0.25) is 15.1 Å². The van der Waals surface area contributed by atoms with Crippen molar-refractivity contribution >= 4 is 62.8 Å². The lowest BCUT2D eigenvalue weighted by Crippen LogP contribution is -2.59. The summed E-state index contributed by atoms with van der Waals surface area (Å²) >= 11 is 19.1. The van der Waals surface area contributed by atoms with E-state index in [9.17, 15) is 9.65 Å². The van der Waals surface area contributed by atoms with Crippen molar-refractivity contribution in [3.05, 3.63) is 105 Å². The van der Waals surface area contributed by atoms with E-state index in [1.165, 1.54) is 12.3 Å². The topological polar surface area (TPSA) is 94.5 Å². The Morgan fingerprint density at radius 3 is 2.43 bits per heavy atom. The van der Waals surface area contributed by atoms with Crippen LogP contribution in [0.4, 0.5) is 21.5 Å². The molecule has 2 aliphatic rings. The number of anilines is 3. The maximum atomic E-state index is 14.9. The zero-order valence-corrected chi connectivity index (χ0v) is 27.8. The summed E-state index contributed by atoms with van der Waals surface area (Å²) < 4.78 is 14.9. The molecule has 0 spiro atoms. The van der Waals surface area contributed by atoms with Gasteiger partial charge in [0.25, 0.3) is 0 Å². The summed E-state index contributed by atoms with van der Waals surface area (Å²) in [6.07, 6.45) is 3.45. The summed E-state index contributed by atoms with van der Waals surface area (Å²) in [7, 11) is 0. The van der Waals surface area contributed by atoms with E-state index in [2.05, 4.69) is 63.3 Å². The van der Waals surface area contributed by atoms with Gasteiger partial charge >= 0.3 is 0 Å². The number of pyridine rings is 1. The number of hydrazine groups is 3. The molecule has 1 aromatic heterocycles. The number of nitriles is 1. The Morgan fingerprint density at radius 2 is 1.74 bits per heavy atom. The third kappa shape index (κ3) is 6.67. The third-order valence-electron chi connectivity index (χ3n) is 8.17. The highest BCUT2D eigenvalue weighted by Crippen LogP contribution is 2.38. The van der Waals surface area contributed by atoms with Crippen LogP contribution < -0.4 is 21.6 Å². The van der Waals surface area contributed by atoms with Crippen molar-refractivity contribution in [3.63, 3.8) is 0 Å². The predicted molar refractivity (Wildman–Crippen MR) is 183 cm³/mol. The molecule has 0 bridgehead atoms.